The first-order valence-electron chi connectivity index (χ1n) is 7.05. The number of unbranched alkanes of at least 4 members (excludes halogenated alkanes) is 3. The fourth-order valence-corrected chi connectivity index (χ4v) is 2.88. The topological polar surface area (TPSA) is 9.23 Å². The molecule has 0 radical (unpaired) electrons. The van der Waals surface area contributed by atoms with Crippen molar-refractivity contribution in [1.82, 2.24) is 0 Å². The molecule has 1 atom stereocenters. The van der Waals surface area contributed by atoms with E-state index in [9.17, 15) is 0 Å². The van der Waals surface area contributed by atoms with Crippen LogP contribution in [0.2, 0.25) is 18.1 Å². The van der Waals surface area contributed by atoms with E-state index >= 15 is 0 Å². The van der Waals surface area contributed by atoms with Crippen molar-refractivity contribution >= 4 is 8.32 Å². The monoisotopic (exact) mass is 256 g/mol. The van der Waals surface area contributed by atoms with E-state index in [4.69, 9.17) is 4.43 Å². The highest BCUT2D eigenvalue weighted by Gasteiger charge is 2.38. The zero-order valence-corrected chi connectivity index (χ0v) is 13.8. The average molecular weight is 257 g/mol. The van der Waals surface area contributed by atoms with Crippen molar-refractivity contribution in [3.05, 3.63) is 12.7 Å². The van der Waals surface area contributed by atoms with Crippen LogP contribution in [0.25, 0.3) is 0 Å². The second-order valence-corrected chi connectivity index (χ2v) is 11.3. The SMILES string of the molecule is C=C[C@@H](CCCCCC)O[Si](C)(C)C(C)(C)C. The highest BCUT2D eigenvalue weighted by molar-refractivity contribution is 6.74. The van der Waals surface area contributed by atoms with E-state index in [0.29, 0.717) is 0 Å². The third-order valence-corrected chi connectivity index (χ3v) is 8.36. The molecule has 17 heavy (non-hydrogen) atoms. The molecule has 102 valence electrons. The Hall–Kier alpha value is -0.0831. The van der Waals surface area contributed by atoms with Crippen LogP contribution >= 0.6 is 0 Å². The molecule has 1 nitrogen and oxygen atoms in total. The molecule has 0 heterocycles. The summed E-state index contributed by atoms with van der Waals surface area (Å²) in [6.45, 7) is 17.7. The Kier molecular flexibility index (Phi) is 7.34. The van der Waals surface area contributed by atoms with Crippen molar-refractivity contribution in [1.29, 1.82) is 0 Å². The fraction of sp³-hybridized carbons (Fsp3) is 0.867. The van der Waals surface area contributed by atoms with E-state index in [1.54, 1.807) is 0 Å². The normalized spacial score (nSPS) is 14.7. The van der Waals surface area contributed by atoms with Gasteiger partial charge in [0.15, 0.2) is 8.32 Å². The molecule has 2 heteroatoms. The van der Waals surface area contributed by atoms with E-state index in [1.807, 2.05) is 6.08 Å². The van der Waals surface area contributed by atoms with Crippen molar-refractivity contribution in [2.24, 2.45) is 0 Å². The first-order valence-corrected chi connectivity index (χ1v) is 9.96. The van der Waals surface area contributed by atoms with Crippen LogP contribution < -0.4 is 0 Å². The summed E-state index contributed by atoms with van der Waals surface area (Å²) >= 11 is 0. The van der Waals surface area contributed by atoms with Crippen LogP contribution in [0.3, 0.4) is 0 Å². The molecule has 0 rings (SSSR count). The Balaban J connectivity index is 4.17. The Morgan fingerprint density at radius 1 is 1.18 bits per heavy atom. The predicted octanol–water partition coefficient (Wildman–Crippen LogP) is 5.53. The fourth-order valence-electron chi connectivity index (χ4n) is 1.55. The molecule has 0 amide bonds. The highest BCUT2D eigenvalue weighted by atomic mass is 28.4. The molecule has 0 unspecified atom stereocenters. The van der Waals surface area contributed by atoms with E-state index in [2.05, 4.69) is 47.4 Å². The lowest BCUT2D eigenvalue weighted by molar-refractivity contribution is 0.211. The van der Waals surface area contributed by atoms with Crippen LogP contribution in [0.4, 0.5) is 0 Å². The lowest BCUT2D eigenvalue weighted by atomic mass is 10.1. The van der Waals surface area contributed by atoms with Crippen molar-refractivity contribution in [2.45, 2.75) is 84.0 Å². The zero-order chi connectivity index (χ0) is 13.5. The van der Waals surface area contributed by atoms with Gasteiger partial charge < -0.3 is 4.43 Å². The van der Waals surface area contributed by atoms with Gasteiger partial charge in [0, 0.05) is 0 Å². The summed E-state index contributed by atoms with van der Waals surface area (Å²) in [6, 6.07) is 0. The van der Waals surface area contributed by atoms with Gasteiger partial charge in [-0.25, -0.2) is 0 Å². The van der Waals surface area contributed by atoms with Crippen LogP contribution in [-0.4, -0.2) is 14.4 Å². The molecule has 0 fully saturated rings. The van der Waals surface area contributed by atoms with Crippen molar-refractivity contribution in [2.75, 3.05) is 0 Å². The standard InChI is InChI=1S/C15H32OSi/c1-8-10-11-12-13-14(9-2)16-17(6,7)15(3,4)5/h9,14H,2,8,10-13H2,1,3-7H3/t14-/m0/s1. The Morgan fingerprint density at radius 2 is 1.76 bits per heavy atom. The molecule has 0 aromatic carbocycles. The molecule has 0 spiro atoms. The summed E-state index contributed by atoms with van der Waals surface area (Å²) in [6.07, 6.45) is 8.60. The Morgan fingerprint density at radius 3 is 2.18 bits per heavy atom. The number of hydrogen-bond acceptors (Lipinski definition) is 1. The van der Waals surface area contributed by atoms with Gasteiger partial charge in [-0.3, -0.25) is 0 Å². The minimum absolute atomic E-state index is 0.257. The van der Waals surface area contributed by atoms with E-state index in [0.717, 1.165) is 6.42 Å². The maximum absolute atomic E-state index is 6.35. The van der Waals surface area contributed by atoms with E-state index in [1.165, 1.54) is 25.7 Å². The van der Waals surface area contributed by atoms with Gasteiger partial charge in [-0.05, 0) is 24.6 Å². The predicted molar refractivity (Wildman–Crippen MR) is 81.0 cm³/mol. The van der Waals surface area contributed by atoms with Crippen molar-refractivity contribution in [3.63, 3.8) is 0 Å². The molecular formula is C15H32OSi. The largest absolute Gasteiger partial charge is 0.411 e. The van der Waals surface area contributed by atoms with Crippen molar-refractivity contribution in [3.8, 4) is 0 Å². The summed E-state index contributed by atoms with van der Waals surface area (Å²) in [5.41, 5.74) is 0. The van der Waals surface area contributed by atoms with Gasteiger partial charge in [-0.15, -0.1) is 6.58 Å². The highest BCUT2D eigenvalue weighted by Crippen LogP contribution is 2.37. The first-order chi connectivity index (χ1) is 7.74. The van der Waals surface area contributed by atoms with Gasteiger partial charge in [-0.2, -0.15) is 0 Å². The van der Waals surface area contributed by atoms with Gasteiger partial charge in [0.2, 0.25) is 0 Å². The summed E-state index contributed by atoms with van der Waals surface area (Å²) in [7, 11) is -1.63. The second kappa shape index (κ2) is 7.37. The smallest absolute Gasteiger partial charge is 0.192 e. The first kappa shape index (κ1) is 16.9. The molecule has 0 saturated heterocycles. The second-order valence-electron chi connectivity index (χ2n) is 6.50. The molecule has 0 aromatic heterocycles. The zero-order valence-electron chi connectivity index (χ0n) is 12.8. The lowest BCUT2D eigenvalue weighted by Gasteiger charge is -2.38. The van der Waals surface area contributed by atoms with Crippen LogP contribution in [0.15, 0.2) is 12.7 Å². The number of hydrogen-bond donors (Lipinski definition) is 0. The molecule has 0 aliphatic rings. The minimum atomic E-state index is -1.63. The Bertz CT molecular complexity index is 215. The van der Waals surface area contributed by atoms with Crippen LogP contribution in [-0.2, 0) is 4.43 Å². The van der Waals surface area contributed by atoms with Gasteiger partial charge in [0.1, 0.15) is 0 Å². The van der Waals surface area contributed by atoms with E-state index < -0.39 is 8.32 Å². The van der Waals surface area contributed by atoms with Gasteiger partial charge in [-0.1, -0.05) is 59.5 Å². The van der Waals surface area contributed by atoms with Gasteiger partial charge in [0.05, 0.1) is 6.10 Å². The third kappa shape index (κ3) is 6.42. The minimum Gasteiger partial charge on any atom is -0.411 e. The molecule has 0 N–H and O–H groups in total. The van der Waals surface area contributed by atoms with Gasteiger partial charge >= 0.3 is 0 Å². The van der Waals surface area contributed by atoms with Gasteiger partial charge in [0.25, 0.3) is 0 Å². The van der Waals surface area contributed by atoms with Crippen LogP contribution in [0, 0.1) is 0 Å². The van der Waals surface area contributed by atoms with Crippen LogP contribution in [0.1, 0.15) is 59.8 Å². The third-order valence-electron chi connectivity index (χ3n) is 3.86. The lowest BCUT2D eigenvalue weighted by Crippen LogP contribution is -2.43. The van der Waals surface area contributed by atoms with Crippen molar-refractivity contribution < 1.29 is 4.43 Å². The quantitative estimate of drug-likeness (QED) is 0.315. The number of rotatable bonds is 8. The molecular weight excluding hydrogens is 224 g/mol. The summed E-state index contributed by atoms with van der Waals surface area (Å²) < 4.78 is 6.35. The summed E-state index contributed by atoms with van der Waals surface area (Å²) in [5, 5.41) is 0.289. The average Bonchev–Trinajstić information content (AvgIpc) is 2.20. The maximum Gasteiger partial charge on any atom is 0.192 e. The Labute approximate surface area is 110 Å². The molecule has 0 aliphatic carbocycles. The summed E-state index contributed by atoms with van der Waals surface area (Å²) in [5.74, 6) is 0. The van der Waals surface area contributed by atoms with Crippen LogP contribution in [0.5, 0.6) is 0 Å². The van der Waals surface area contributed by atoms with E-state index in [-0.39, 0.29) is 11.1 Å². The molecule has 0 bridgehead atoms. The molecule has 0 aromatic rings. The molecule has 0 aliphatic heterocycles. The maximum atomic E-state index is 6.35. The summed E-state index contributed by atoms with van der Waals surface area (Å²) in [4.78, 5) is 0. The molecule has 0 saturated carbocycles.